The molecule has 0 aliphatic heterocycles. The van der Waals surface area contributed by atoms with Crippen molar-refractivity contribution in [1.29, 1.82) is 0 Å². The van der Waals surface area contributed by atoms with Crippen molar-refractivity contribution >= 4 is 39.8 Å². The minimum absolute atomic E-state index is 0.0838. The molecule has 1 amide bonds. The molecular weight excluding hydrogens is 337 g/mol. The number of carbonyl (C=O) groups excluding carboxylic acids is 1. The lowest BCUT2D eigenvalue weighted by Gasteiger charge is -2.34. The van der Waals surface area contributed by atoms with E-state index in [1.165, 1.54) is 0 Å². The van der Waals surface area contributed by atoms with E-state index in [9.17, 15) is 9.90 Å². The highest BCUT2D eigenvalue weighted by molar-refractivity contribution is 14.1. The topological polar surface area (TPSA) is 40.5 Å². The SMILES string of the molecule is CN(CC1CC(O)C1)C(=O)c1csc(I)c1. The number of halogens is 1. The summed E-state index contributed by atoms with van der Waals surface area (Å²) in [7, 11) is 1.83. The van der Waals surface area contributed by atoms with Crippen LogP contribution in [0.2, 0.25) is 0 Å². The Morgan fingerprint density at radius 2 is 2.38 bits per heavy atom. The maximum atomic E-state index is 12.0. The van der Waals surface area contributed by atoms with Crippen LogP contribution in [0.25, 0.3) is 0 Å². The molecule has 1 N–H and O–H groups in total. The summed E-state index contributed by atoms with van der Waals surface area (Å²) in [6.45, 7) is 0.752. The lowest BCUT2D eigenvalue weighted by Crippen LogP contribution is -2.39. The van der Waals surface area contributed by atoms with Crippen LogP contribution in [0, 0.1) is 8.80 Å². The van der Waals surface area contributed by atoms with Gasteiger partial charge in [-0.25, -0.2) is 0 Å². The Labute approximate surface area is 113 Å². The number of amides is 1. The first kappa shape index (κ1) is 12.3. The van der Waals surface area contributed by atoms with Crippen LogP contribution in [-0.2, 0) is 0 Å². The molecule has 2 rings (SSSR count). The first-order chi connectivity index (χ1) is 7.56. The summed E-state index contributed by atoms with van der Waals surface area (Å²) in [4.78, 5) is 13.7. The molecule has 0 saturated heterocycles. The second-order valence-electron chi connectivity index (χ2n) is 4.32. The summed E-state index contributed by atoms with van der Waals surface area (Å²) >= 11 is 3.81. The minimum atomic E-state index is -0.143. The number of aliphatic hydroxyl groups is 1. The van der Waals surface area contributed by atoms with Gasteiger partial charge in [0.05, 0.1) is 14.6 Å². The number of thiophene rings is 1. The standard InChI is InChI=1S/C11H14INO2S/c1-13(5-7-2-9(14)3-7)11(15)8-4-10(12)16-6-8/h4,6-7,9,14H,2-3,5H2,1H3. The Kier molecular flexibility index (Phi) is 3.86. The first-order valence-electron chi connectivity index (χ1n) is 5.24. The summed E-state index contributed by atoms with van der Waals surface area (Å²) < 4.78 is 1.13. The fourth-order valence-corrected chi connectivity index (χ4v) is 3.28. The van der Waals surface area contributed by atoms with Crippen molar-refractivity contribution in [1.82, 2.24) is 4.90 Å². The Morgan fingerprint density at radius 3 is 2.88 bits per heavy atom. The zero-order chi connectivity index (χ0) is 11.7. The predicted octanol–water partition coefficient (Wildman–Crippen LogP) is 2.20. The fraction of sp³-hybridized carbons (Fsp3) is 0.545. The highest BCUT2D eigenvalue weighted by atomic mass is 127. The van der Waals surface area contributed by atoms with E-state index in [-0.39, 0.29) is 12.0 Å². The summed E-state index contributed by atoms with van der Waals surface area (Å²) in [5.41, 5.74) is 0.775. The van der Waals surface area contributed by atoms with E-state index in [1.54, 1.807) is 16.2 Å². The molecular formula is C11H14INO2S. The number of hydrogen-bond acceptors (Lipinski definition) is 3. The van der Waals surface area contributed by atoms with Gasteiger partial charge < -0.3 is 10.0 Å². The largest absolute Gasteiger partial charge is 0.393 e. The summed E-state index contributed by atoms with van der Waals surface area (Å²) in [5, 5.41) is 11.1. The zero-order valence-electron chi connectivity index (χ0n) is 9.02. The van der Waals surface area contributed by atoms with Gasteiger partial charge in [0.2, 0.25) is 0 Å². The molecule has 3 nitrogen and oxygen atoms in total. The molecule has 1 fully saturated rings. The molecule has 5 heteroatoms. The molecule has 1 aliphatic rings. The maximum Gasteiger partial charge on any atom is 0.254 e. The lowest BCUT2D eigenvalue weighted by atomic mass is 9.82. The van der Waals surface area contributed by atoms with Crippen molar-refractivity contribution in [2.24, 2.45) is 5.92 Å². The van der Waals surface area contributed by atoms with Crippen molar-refractivity contribution in [2.75, 3.05) is 13.6 Å². The summed E-state index contributed by atoms with van der Waals surface area (Å²) in [6, 6.07) is 1.92. The highest BCUT2D eigenvalue weighted by Crippen LogP contribution is 2.28. The van der Waals surface area contributed by atoms with Crippen LogP contribution in [-0.4, -0.2) is 35.6 Å². The number of rotatable bonds is 3. The van der Waals surface area contributed by atoms with E-state index >= 15 is 0 Å². The van der Waals surface area contributed by atoms with E-state index in [2.05, 4.69) is 22.6 Å². The third kappa shape index (κ3) is 2.75. The second kappa shape index (κ2) is 5.01. The molecule has 1 aromatic rings. The van der Waals surface area contributed by atoms with Gasteiger partial charge in [0.15, 0.2) is 0 Å². The Morgan fingerprint density at radius 1 is 1.69 bits per heavy atom. The van der Waals surface area contributed by atoms with E-state index in [4.69, 9.17) is 0 Å². The first-order valence-corrected chi connectivity index (χ1v) is 7.19. The van der Waals surface area contributed by atoms with Gasteiger partial charge in [-0.3, -0.25) is 4.79 Å². The third-order valence-corrected chi connectivity index (χ3v) is 4.69. The van der Waals surface area contributed by atoms with E-state index < -0.39 is 0 Å². The van der Waals surface area contributed by atoms with Crippen molar-refractivity contribution in [2.45, 2.75) is 18.9 Å². The average Bonchev–Trinajstić information content (AvgIpc) is 2.61. The van der Waals surface area contributed by atoms with E-state index in [1.807, 2.05) is 18.5 Å². The van der Waals surface area contributed by atoms with Gasteiger partial charge >= 0.3 is 0 Å². The monoisotopic (exact) mass is 351 g/mol. The maximum absolute atomic E-state index is 12.0. The molecule has 0 atom stereocenters. The zero-order valence-corrected chi connectivity index (χ0v) is 12.0. The normalized spacial score (nSPS) is 23.9. The van der Waals surface area contributed by atoms with Gasteiger partial charge in [-0.15, -0.1) is 11.3 Å². The van der Waals surface area contributed by atoms with Crippen LogP contribution in [0.3, 0.4) is 0 Å². The highest BCUT2D eigenvalue weighted by Gasteiger charge is 2.29. The van der Waals surface area contributed by atoms with Gasteiger partial charge in [-0.05, 0) is 47.4 Å². The molecule has 0 spiro atoms. The van der Waals surface area contributed by atoms with Crippen LogP contribution < -0.4 is 0 Å². The number of carbonyl (C=O) groups is 1. The Balaban J connectivity index is 1.89. The van der Waals surface area contributed by atoms with Gasteiger partial charge in [0.1, 0.15) is 0 Å². The molecule has 0 bridgehead atoms. The van der Waals surface area contributed by atoms with Crippen LogP contribution in [0.5, 0.6) is 0 Å². The fourth-order valence-electron chi connectivity index (χ4n) is 1.96. The van der Waals surface area contributed by atoms with E-state index in [0.717, 1.165) is 27.8 Å². The van der Waals surface area contributed by atoms with Crippen LogP contribution in [0.15, 0.2) is 11.4 Å². The summed E-state index contributed by atoms with van der Waals surface area (Å²) in [6.07, 6.45) is 1.52. The third-order valence-electron chi connectivity index (χ3n) is 2.90. The molecule has 88 valence electrons. The number of nitrogens with zero attached hydrogens (tertiary/aromatic N) is 1. The molecule has 16 heavy (non-hydrogen) atoms. The molecule has 1 heterocycles. The lowest BCUT2D eigenvalue weighted by molar-refractivity contribution is 0.0265. The van der Waals surface area contributed by atoms with Crippen LogP contribution in [0.1, 0.15) is 23.2 Å². The smallest absolute Gasteiger partial charge is 0.254 e. The quantitative estimate of drug-likeness (QED) is 0.849. The van der Waals surface area contributed by atoms with Gasteiger partial charge in [-0.2, -0.15) is 0 Å². The van der Waals surface area contributed by atoms with E-state index in [0.29, 0.717) is 5.92 Å². The number of aliphatic hydroxyl groups excluding tert-OH is 1. The minimum Gasteiger partial charge on any atom is -0.393 e. The van der Waals surface area contributed by atoms with Crippen molar-refractivity contribution < 1.29 is 9.90 Å². The molecule has 0 aromatic carbocycles. The van der Waals surface area contributed by atoms with Crippen LogP contribution in [0.4, 0.5) is 0 Å². The number of hydrogen-bond donors (Lipinski definition) is 1. The van der Waals surface area contributed by atoms with Gasteiger partial charge in [0.25, 0.3) is 5.91 Å². The van der Waals surface area contributed by atoms with Gasteiger partial charge in [0, 0.05) is 19.0 Å². The Bertz CT molecular complexity index is 387. The molecule has 0 unspecified atom stereocenters. The van der Waals surface area contributed by atoms with Crippen LogP contribution >= 0.6 is 33.9 Å². The van der Waals surface area contributed by atoms with Gasteiger partial charge in [-0.1, -0.05) is 0 Å². The Hall–Kier alpha value is -0.140. The molecule has 0 radical (unpaired) electrons. The average molecular weight is 351 g/mol. The van der Waals surface area contributed by atoms with Crippen molar-refractivity contribution in [3.63, 3.8) is 0 Å². The molecule has 1 aromatic heterocycles. The van der Waals surface area contributed by atoms with Crippen molar-refractivity contribution in [3.05, 3.63) is 19.9 Å². The molecule has 1 aliphatic carbocycles. The molecule has 1 saturated carbocycles. The summed E-state index contributed by atoms with van der Waals surface area (Å²) in [5.74, 6) is 0.558. The predicted molar refractivity (Wildman–Crippen MR) is 72.7 cm³/mol. The van der Waals surface area contributed by atoms with Crippen molar-refractivity contribution in [3.8, 4) is 0 Å². The second-order valence-corrected chi connectivity index (χ2v) is 7.12.